The largest absolute Gasteiger partial charge is 0.406 e. The summed E-state index contributed by atoms with van der Waals surface area (Å²) in [4.78, 5) is 28.1. The van der Waals surface area contributed by atoms with E-state index in [1.165, 1.54) is 6.20 Å². The molecule has 1 aliphatic heterocycles. The number of carbonyl (C=O) groups excluding carboxylic acids is 1. The lowest BCUT2D eigenvalue weighted by Crippen LogP contribution is -2.38. The van der Waals surface area contributed by atoms with Gasteiger partial charge in [-0.05, 0) is 22.4 Å². The molecule has 9 heteroatoms. The number of carbonyl (C=O) groups is 1. The molecule has 1 atom stereocenters. The van der Waals surface area contributed by atoms with Gasteiger partial charge in [-0.25, -0.2) is 4.98 Å². The molecule has 1 aliphatic rings. The molecule has 1 aromatic heterocycles. The van der Waals surface area contributed by atoms with E-state index >= 15 is 0 Å². The Bertz CT molecular complexity index is 558. The average molecular weight is 340 g/mol. The van der Waals surface area contributed by atoms with Crippen molar-refractivity contribution >= 4 is 21.8 Å². The van der Waals surface area contributed by atoms with E-state index in [4.69, 9.17) is 0 Å². The second-order valence-electron chi connectivity index (χ2n) is 4.13. The predicted octanol–water partition coefficient (Wildman–Crippen LogP) is 1.34. The van der Waals surface area contributed by atoms with Gasteiger partial charge in [0.15, 0.2) is 0 Å². The Morgan fingerprint density at radius 3 is 2.74 bits per heavy atom. The highest BCUT2D eigenvalue weighted by atomic mass is 79.9. The Kier molecular flexibility index (Phi) is 3.66. The van der Waals surface area contributed by atoms with E-state index < -0.39 is 30.2 Å². The Balaban J connectivity index is 2.23. The van der Waals surface area contributed by atoms with Crippen molar-refractivity contribution in [3.63, 3.8) is 0 Å². The minimum atomic E-state index is -4.44. The number of rotatable bonds is 2. The highest BCUT2D eigenvalue weighted by Gasteiger charge is 2.40. The minimum absolute atomic E-state index is 0.0258. The van der Waals surface area contributed by atoms with Crippen LogP contribution in [0, 0.1) is 0 Å². The summed E-state index contributed by atoms with van der Waals surface area (Å²) in [6.45, 7) is -1.32. The van der Waals surface area contributed by atoms with Crippen molar-refractivity contribution in [3.8, 4) is 0 Å². The number of hydrogen-bond donors (Lipinski definition) is 0. The third kappa shape index (κ3) is 2.96. The van der Waals surface area contributed by atoms with Crippen LogP contribution >= 0.6 is 15.9 Å². The summed E-state index contributed by atoms with van der Waals surface area (Å²) in [7, 11) is 0. The SMILES string of the molecule is O=C1C(n2cncc(Br)c2=O)CCN1CC(F)(F)F. The molecule has 2 rings (SSSR count). The van der Waals surface area contributed by atoms with Crippen LogP contribution in [0.2, 0.25) is 0 Å². The summed E-state index contributed by atoms with van der Waals surface area (Å²) in [5.74, 6) is -0.709. The van der Waals surface area contributed by atoms with Crippen molar-refractivity contribution in [1.29, 1.82) is 0 Å². The normalized spacial score (nSPS) is 20.1. The van der Waals surface area contributed by atoms with Crippen LogP contribution in [-0.2, 0) is 4.79 Å². The van der Waals surface area contributed by atoms with Gasteiger partial charge >= 0.3 is 6.18 Å². The Labute approximate surface area is 114 Å². The van der Waals surface area contributed by atoms with Gasteiger partial charge in [-0.1, -0.05) is 0 Å². The van der Waals surface area contributed by atoms with E-state index in [9.17, 15) is 22.8 Å². The lowest BCUT2D eigenvalue weighted by atomic mass is 10.2. The molecule has 5 nitrogen and oxygen atoms in total. The van der Waals surface area contributed by atoms with Crippen molar-refractivity contribution in [2.45, 2.75) is 18.6 Å². The molecule has 104 valence electrons. The van der Waals surface area contributed by atoms with Crippen LogP contribution in [0.25, 0.3) is 0 Å². The van der Waals surface area contributed by atoms with E-state index in [0.29, 0.717) is 4.90 Å². The van der Waals surface area contributed by atoms with Crippen LogP contribution in [0.1, 0.15) is 12.5 Å². The van der Waals surface area contributed by atoms with Crippen molar-refractivity contribution in [2.24, 2.45) is 0 Å². The Morgan fingerprint density at radius 1 is 1.42 bits per heavy atom. The fraction of sp³-hybridized carbons (Fsp3) is 0.500. The average Bonchev–Trinajstić information content (AvgIpc) is 2.63. The van der Waals surface area contributed by atoms with Crippen LogP contribution in [-0.4, -0.2) is 39.6 Å². The second-order valence-corrected chi connectivity index (χ2v) is 4.99. The summed E-state index contributed by atoms with van der Waals surface area (Å²) in [5.41, 5.74) is -0.484. The molecule has 1 aromatic rings. The molecule has 0 radical (unpaired) electrons. The lowest BCUT2D eigenvalue weighted by molar-refractivity contribution is -0.158. The lowest BCUT2D eigenvalue weighted by Gasteiger charge is -2.18. The third-order valence-corrected chi connectivity index (χ3v) is 3.34. The van der Waals surface area contributed by atoms with Crippen molar-refractivity contribution in [3.05, 3.63) is 27.4 Å². The van der Waals surface area contributed by atoms with E-state index in [1.54, 1.807) is 0 Å². The molecule has 0 aromatic carbocycles. The smallest absolute Gasteiger partial charge is 0.332 e. The number of likely N-dealkylation sites (tertiary alicyclic amines) is 1. The summed E-state index contributed by atoms with van der Waals surface area (Å²) in [6.07, 6.45) is -1.85. The molecule has 2 heterocycles. The zero-order valence-corrected chi connectivity index (χ0v) is 11.1. The van der Waals surface area contributed by atoms with E-state index in [2.05, 4.69) is 20.9 Å². The molecule has 0 N–H and O–H groups in total. The van der Waals surface area contributed by atoms with Crippen molar-refractivity contribution in [1.82, 2.24) is 14.5 Å². The monoisotopic (exact) mass is 339 g/mol. The molecule has 0 aliphatic carbocycles. The number of alkyl halides is 3. The highest BCUT2D eigenvalue weighted by Crippen LogP contribution is 2.26. The zero-order valence-electron chi connectivity index (χ0n) is 9.52. The topological polar surface area (TPSA) is 55.2 Å². The van der Waals surface area contributed by atoms with Crippen LogP contribution in [0.15, 0.2) is 21.8 Å². The van der Waals surface area contributed by atoms with Gasteiger partial charge in [0.1, 0.15) is 17.1 Å². The number of hydrogen-bond acceptors (Lipinski definition) is 3. The van der Waals surface area contributed by atoms with Gasteiger partial charge in [0.05, 0.1) is 6.33 Å². The first kappa shape index (κ1) is 14.0. The van der Waals surface area contributed by atoms with Crippen molar-refractivity contribution < 1.29 is 18.0 Å². The number of halogens is 4. The Hall–Kier alpha value is -1.38. The van der Waals surface area contributed by atoms with Crippen LogP contribution in [0.4, 0.5) is 13.2 Å². The maximum absolute atomic E-state index is 12.3. The first-order chi connectivity index (χ1) is 8.79. The van der Waals surface area contributed by atoms with E-state index in [-0.39, 0.29) is 17.4 Å². The van der Waals surface area contributed by atoms with Gasteiger partial charge < -0.3 is 4.90 Å². The summed E-state index contributed by atoms with van der Waals surface area (Å²) in [5, 5.41) is 0. The van der Waals surface area contributed by atoms with Crippen molar-refractivity contribution in [2.75, 3.05) is 13.1 Å². The Morgan fingerprint density at radius 2 is 2.11 bits per heavy atom. The second kappa shape index (κ2) is 4.95. The van der Waals surface area contributed by atoms with E-state index in [0.717, 1.165) is 10.9 Å². The van der Waals surface area contributed by atoms with Crippen LogP contribution < -0.4 is 5.56 Å². The molecule has 0 spiro atoms. The third-order valence-electron chi connectivity index (χ3n) is 2.79. The fourth-order valence-electron chi connectivity index (χ4n) is 1.98. The molecule has 1 unspecified atom stereocenters. The molecule has 0 bridgehead atoms. The zero-order chi connectivity index (χ0) is 14.2. The first-order valence-corrected chi connectivity index (χ1v) is 6.16. The molecular weight excluding hydrogens is 331 g/mol. The van der Waals surface area contributed by atoms with E-state index in [1.807, 2.05) is 0 Å². The molecule has 1 saturated heterocycles. The maximum atomic E-state index is 12.3. The van der Waals surface area contributed by atoms with Gasteiger partial charge in [-0.3, -0.25) is 14.2 Å². The number of amides is 1. The standard InChI is InChI=1S/C10H9BrF3N3O2/c11-6-3-15-5-17(8(6)18)7-1-2-16(9(7)19)4-10(12,13)14/h3,5,7H,1-2,4H2. The number of aromatic nitrogens is 2. The van der Waals surface area contributed by atoms with Gasteiger partial charge in [-0.2, -0.15) is 13.2 Å². The molecule has 1 amide bonds. The number of nitrogens with zero attached hydrogens (tertiary/aromatic N) is 3. The highest BCUT2D eigenvalue weighted by molar-refractivity contribution is 9.10. The summed E-state index contributed by atoms with van der Waals surface area (Å²) >= 11 is 2.98. The van der Waals surface area contributed by atoms with Crippen LogP contribution in [0.3, 0.4) is 0 Å². The maximum Gasteiger partial charge on any atom is 0.406 e. The summed E-state index contributed by atoms with van der Waals surface area (Å²) < 4.78 is 38.0. The van der Waals surface area contributed by atoms with Crippen LogP contribution in [0.5, 0.6) is 0 Å². The minimum Gasteiger partial charge on any atom is -0.332 e. The quantitative estimate of drug-likeness (QED) is 0.817. The molecule has 0 saturated carbocycles. The van der Waals surface area contributed by atoms with Gasteiger partial charge in [0.25, 0.3) is 5.56 Å². The molecular formula is C10H9BrF3N3O2. The predicted molar refractivity (Wildman–Crippen MR) is 62.5 cm³/mol. The fourth-order valence-corrected chi connectivity index (χ4v) is 2.30. The molecule has 19 heavy (non-hydrogen) atoms. The molecule has 1 fully saturated rings. The van der Waals surface area contributed by atoms with Gasteiger partial charge in [-0.15, -0.1) is 0 Å². The van der Waals surface area contributed by atoms with Gasteiger partial charge in [0.2, 0.25) is 5.91 Å². The summed E-state index contributed by atoms with van der Waals surface area (Å²) in [6, 6.07) is -0.917. The first-order valence-electron chi connectivity index (χ1n) is 5.37. The van der Waals surface area contributed by atoms with Gasteiger partial charge in [0, 0.05) is 12.7 Å².